The van der Waals surface area contributed by atoms with Crippen molar-refractivity contribution in [2.24, 2.45) is 5.92 Å². The third-order valence-corrected chi connectivity index (χ3v) is 4.65. The van der Waals surface area contributed by atoms with Crippen LogP contribution >= 0.6 is 0 Å². The number of amides is 1. The summed E-state index contributed by atoms with van der Waals surface area (Å²) in [5.41, 5.74) is 1.84. The second-order valence-electron chi connectivity index (χ2n) is 6.43. The van der Waals surface area contributed by atoms with Gasteiger partial charge in [-0.15, -0.1) is 0 Å². The number of nitrogens with zero attached hydrogens (tertiary/aromatic N) is 2. The first-order valence-corrected chi connectivity index (χ1v) is 8.61. The van der Waals surface area contributed by atoms with Crippen LogP contribution in [-0.4, -0.2) is 43.1 Å². The largest absolute Gasteiger partial charge is 0.497 e. The average Bonchev–Trinajstić information content (AvgIpc) is 2.68. The van der Waals surface area contributed by atoms with Crippen LogP contribution in [0.25, 0.3) is 0 Å². The number of piperidine rings is 1. The van der Waals surface area contributed by atoms with E-state index in [0.717, 1.165) is 32.4 Å². The first-order chi connectivity index (χ1) is 12.2. The molecule has 0 N–H and O–H groups in total. The summed E-state index contributed by atoms with van der Waals surface area (Å²) >= 11 is 0. The lowest BCUT2D eigenvalue weighted by atomic mass is 9.91. The SMILES string of the molecule is COc1cc(OC)cc(C(=O)N2CCC[C@H](Cc3cccnc3)C2)c1. The standard InChI is InChI=1S/C20H24N2O3/c1-24-18-10-17(11-19(12-18)25-2)20(23)22-8-4-6-16(14-22)9-15-5-3-7-21-13-15/h3,5,7,10-13,16H,4,6,8-9,14H2,1-2H3/t16-/m1/s1. The molecule has 1 atom stereocenters. The van der Waals surface area contributed by atoms with Crippen molar-refractivity contribution in [1.29, 1.82) is 0 Å². The minimum atomic E-state index is 0.0353. The van der Waals surface area contributed by atoms with Gasteiger partial charge in [-0.25, -0.2) is 0 Å². The van der Waals surface area contributed by atoms with Crippen LogP contribution in [0.1, 0.15) is 28.8 Å². The Labute approximate surface area is 148 Å². The number of carbonyl (C=O) groups excluding carboxylic acids is 1. The summed E-state index contributed by atoms with van der Waals surface area (Å²) < 4.78 is 10.6. The average molecular weight is 340 g/mol. The van der Waals surface area contributed by atoms with Crippen LogP contribution < -0.4 is 9.47 Å². The third-order valence-electron chi connectivity index (χ3n) is 4.65. The lowest BCUT2D eigenvalue weighted by Crippen LogP contribution is -2.40. The molecular formula is C20H24N2O3. The van der Waals surface area contributed by atoms with E-state index >= 15 is 0 Å². The number of rotatable bonds is 5. The smallest absolute Gasteiger partial charge is 0.254 e. The van der Waals surface area contributed by atoms with E-state index in [4.69, 9.17) is 9.47 Å². The number of carbonyl (C=O) groups is 1. The van der Waals surface area contributed by atoms with Crippen molar-refractivity contribution in [2.75, 3.05) is 27.3 Å². The second kappa shape index (κ2) is 8.01. The molecule has 1 amide bonds. The van der Waals surface area contributed by atoms with E-state index in [9.17, 15) is 4.79 Å². The van der Waals surface area contributed by atoms with E-state index in [1.807, 2.05) is 17.2 Å². The van der Waals surface area contributed by atoms with Gasteiger partial charge in [0.1, 0.15) is 11.5 Å². The van der Waals surface area contributed by atoms with Crippen LogP contribution in [0.4, 0.5) is 0 Å². The van der Waals surface area contributed by atoms with E-state index in [0.29, 0.717) is 23.0 Å². The number of likely N-dealkylation sites (tertiary alicyclic amines) is 1. The molecule has 5 nitrogen and oxygen atoms in total. The predicted molar refractivity (Wildman–Crippen MR) is 96.1 cm³/mol. The summed E-state index contributed by atoms with van der Waals surface area (Å²) in [5.74, 6) is 1.76. The van der Waals surface area contributed by atoms with Crippen LogP contribution in [0.5, 0.6) is 11.5 Å². The molecule has 0 radical (unpaired) electrons. The first-order valence-electron chi connectivity index (χ1n) is 8.61. The number of hydrogen-bond donors (Lipinski definition) is 0. The molecular weight excluding hydrogens is 316 g/mol. The Kier molecular flexibility index (Phi) is 5.53. The number of hydrogen-bond acceptors (Lipinski definition) is 4. The van der Waals surface area contributed by atoms with Crippen molar-refractivity contribution >= 4 is 5.91 Å². The van der Waals surface area contributed by atoms with Crippen molar-refractivity contribution in [2.45, 2.75) is 19.3 Å². The van der Waals surface area contributed by atoms with Gasteiger partial charge in [-0.05, 0) is 48.9 Å². The molecule has 2 aromatic rings. The quantitative estimate of drug-likeness (QED) is 0.839. The maximum absolute atomic E-state index is 12.9. The van der Waals surface area contributed by atoms with E-state index in [1.165, 1.54) is 5.56 Å². The zero-order valence-corrected chi connectivity index (χ0v) is 14.8. The van der Waals surface area contributed by atoms with Crippen LogP contribution in [0.15, 0.2) is 42.7 Å². The van der Waals surface area contributed by atoms with Gasteiger partial charge in [0.05, 0.1) is 14.2 Å². The molecule has 1 aliphatic heterocycles. The number of methoxy groups -OCH3 is 2. The van der Waals surface area contributed by atoms with Crippen molar-refractivity contribution in [3.05, 3.63) is 53.9 Å². The predicted octanol–water partition coefficient (Wildman–Crippen LogP) is 3.19. The first kappa shape index (κ1) is 17.3. The molecule has 2 heterocycles. The summed E-state index contributed by atoms with van der Waals surface area (Å²) in [6.45, 7) is 1.56. The van der Waals surface area contributed by atoms with Gasteiger partial charge in [-0.2, -0.15) is 0 Å². The summed E-state index contributed by atoms with van der Waals surface area (Å²) in [5, 5.41) is 0. The number of benzene rings is 1. The van der Waals surface area contributed by atoms with Crippen molar-refractivity contribution in [3.8, 4) is 11.5 Å². The monoisotopic (exact) mass is 340 g/mol. The van der Waals surface area contributed by atoms with Crippen LogP contribution in [0.2, 0.25) is 0 Å². The summed E-state index contributed by atoms with van der Waals surface area (Å²) in [6.07, 6.45) is 6.82. The van der Waals surface area contributed by atoms with Crippen molar-refractivity contribution in [1.82, 2.24) is 9.88 Å². The van der Waals surface area contributed by atoms with Crippen LogP contribution in [-0.2, 0) is 6.42 Å². The fourth-order valence-corrected chi connectivity index (χ4v) is 3.38. The maximum Gasteiger partial charge on any atom is 0.254 e. The lowest BCUT2D eigenvalue weighted by molar-refractivity contribution is 0.0672. The molecule has 5 heteroatoms. The lowest BCUT2D eigenvalue weighted by Gasteiger charge is -2.33. The fourth-order valence-electron chi connectivity index (χ4n) is 3.38. The minimum absolute atomic E-state index is 0.0353. The molecule has 0 aliphatic carbocycles. The third kappa shape index (κ3) is 4.29. The highest BCUT2D eigenvalue weighted by molar-refractivity contribution is 5.95. The van der Waals surface area contributed by atoms with Gasteiger partial charge in [0.15, 0.2) is 0 Å². The highest BCUT2D eigenvalue weighted by Crippen LogP contribution is 2.26. The summed E-state index contributed by atoms with van der Waals surface area (Å²) in [4.78, 5) is 19.1. The molecule has 25 heavy (non-hydrogen) atoms. The van der Waals surface area contributed by atoms with Crippen LogP contribution in [0, 0.1) is 5.92 Å². The number of pyridine rings is 1. The normalized spacial score (nSPS) is 17.2. The highest BCUT2D eigenvalue weighted by Gasteiger charge is 2.25. The highest BCUT2D eigenvalue weighted by atomic mass is 16.5. The van der Waals surface area contributed by atoms with E-state index in [-0.39, 0.29) is 5.91 Å². The molecule has 0 spiro atoms. The van der Waals surface area contributed by atoms with Crippen molar-refractivity contribution in [3.63, 3.8) is 0 Å². The fraction of sp³-hybridized carbons (Fsp3) is 0.400. The second-order valence-corrected chi connectivity index (χ2v) is 6.43. The van der Waals surface area contributed by atoms with Gasteiger partial charge in [-0.1, -0.05) is 6.07 Å². The van der Waals surface area contributed by atoms with Crippen molar-refractivity contribution < 1.29 is 14.3 Å². The van der Waals surface area contributed by atoms with Gasteiger partial charge in [0, 0.05) is 37.1 Å². The number of aromatic nitrogens is 1. The van der Waals surface area contributed by atoms with Gasteiger partial charge < -0.3 is 14.4 Å². The van der Waals surface area contributed by atoms with E-state index < -0.39 is 0 Å². The van der Waals surface area contributed by atoms with E-state index in [2.05, 4.69) is 11.1 Å². The molecule has 1 saturated heterocycles. The molecule has 1 aliphatic rings. The topological polar surface area (TPSA) is 51.7 Å². The molecule has 132 valence electrons. The molecule has 1 fully saturated rings. The van der Waals surface area contributed by atoms with Gasteiger partial charge in [0.2, 0.25) is 0 Å². The summed E-state index contributed by atoms with van der Waals surface area (Å²) in [7, 11) is 3.18. The molecule has 1 aromatic carbocycles. The number of ether oxygens (including phenoxy) is 2. The molecule has 3 rings (SSSR count). The molecule has 1 aromatic heterocycles. The Bertz CT molecular complexity index is 696. The van der Waals surface area contributed by atoms with Crippen LogP contribution in [0.3, 0.4) is 0 Å². The summed E-state index contributed by atoms with van der Waals surface area (Å²) in [6, 6.07) is 9.38. The van der Waals surface area contributed by atoms with Gasteiger partial charge >= 0.3 is 0 Å². The Balaban J connectivity index is 1.71. The zero-order chi connectivity index (χ0) is 17.6. The molecule has 0 saturated carbocycles. The van der Waals surface area contributed by atoms with Gasteiger partial charge in [0.25, 0.3) is 5.91 Å². The maximum atomic E-state index is 12.9. The van der Waals surface area contributed by atoms with E-state index in [1.54, 1.807) is 38.6 Å². The zero-order valence-electron chi connectivity index (χ0n) is 14.8. The molecule has 0 bridgehead atoms. The minimum Gasteiger partial charge on any atom is -0.497 e. The molecule has 0 unspecified atom stereocenters. The Hall–Kier alpha value is -2.56. The Morgan fingerprint density at radius 1 is 1.24 bits per heavy atom. The van der Waals surface area contributed by atoms with Gasteiger partial charge in [-0.3, -0.25) is 9.78 Å². The Morgan fingerprint density at radius 2 is 2.00 bits per heavy atom. The Morgan fingerprint density at radius 3 is 2.64 bits per heavy atom.